The molecular weight excluding hydrogens is 181 g/mol. The quantitative estimate of drug-likeness (QED) is 0.757. The SMILES string of the molecule is O[C@@H]1CCC[C@H]1Nc1cccc(F)c1. The smallest absolute Gasteiger partial charge is 0.125 e. The molecule has 76 valence electrons. The highest BCUT2D eigenvalue weighted by Crippen LogP contribution is 2.23. The van der Waals surface area contributed by atoms with Crippen LogP contribution in [0.15, 0.2) is 24.3 Å². The van der Waals surface area contributed by atoms with E-state index in [2.05, 4.69) is 5.32 Å². The number of benzene rings is 1. The lowest BCUT2D eigenvalue weighted by Crippen LogP contribution is -2.27. The molecule has 0 aliphatic heterocycles. The Hall–Kier alpha value is -1.09. The number of aliphatic hydroxyl groups excluding tert-OH is 1. The molecule has 1 aromatic carbocycles. The normalized spacial score (nSPS) is 26.4. The molecule has 3 heteroatoms. The third-order valence-corrected chi connectivity index (χ3v) is 2.66. The highest BCUT2D eigenvalue weighted by Gasteiger charge is 2.24. The molecule has 2 nitrogen and oxygen atoms in total. The van der Waals surface area contributed by atoms with E-state index in [1.165, 1.54) is 12.1 Å². The maximum Gasteiger partial charge on any atom is 0.125 e. The standard InChI is InChI=1S/C11H14FNO/c12-8-3-1-4-9(7-8)13-10-5-2-6-11(10)14/h1,3-4,7,10-11,13-14H,2,5-6H2/t10-,11-/m1/s1. The third kappa shape index (κ3) is 2.04. The monoisotopic (exact) mass is 195 g/mol. The van der Waals surface area contributed by atoms with Crippen molar-refractivity contribution >= 4 is 5.69 Å². The van der Waals surface area contributed by atoms with E-state index in [0.29, 0.717) is 0 Å². The van der Waals surface area contributed by atoms with Crippen LogP contribution >= 0.6 is 0 Å². The second kappa shape index (κ2) is 3.96. The van der Waals surface area contributed by atoms with E-state index in [0.717, 1.165) is 24.9 Å². The van der Waals surface area contributed by atoms with E-state index < -0.39 is 0 Å². The van der Waals surface area contributed by atoms with Gasteiger partial charge in [0.25, 0.3) is 0 Å². The van der Waals surface area contributed by atoms with Crippen molar-refractivity contribution < 1.29 is 9.50 Å². The predicted octanol–water partition coefficient (Wildman–Crippen LogP) is 2.15. The van der Waals surface area contributed by atoms with Gasteiger partial charge in [-0.3, -0.25) is 0 Å². The summed E-state index contributed by atoms with van der Waals surface area (Å²) in [5.41, 5.74) is 0.746. The first-order valence-corrected chi connectivity index (χ1v) is 4.96. The van der Waals surface area contributed by atoms with Crippen molar-refractivity contribution in [3.63, 3.8) is 0 Å². The summed E-state index contributed by atoms with van der Waals surface area (Å²) in [6, 6.07) is 6.42. The van der Waals surface area contributed by atoms with E-state index in [1.54, 1.807) is 6.07 Å². The lowest BCUT2D eigenvalue weighted by molar-refractivity contribution is 0.172. The summed E-state index contributed by atoms with van der Waals surface area (Å²) in [7, 11) is 0. The minimum Gasteiger partial charge on any atom is -0.391 e. The number of hydrogen-bond acceptors (Lipinski definition) is 2. The van der Waals surface area contributed by atoms with Crippen molar-refractivity contribution in [1.82, 2.24) is 0 Å². The Balaban J connectivity index is 2.03. The Bertz CT molecular complexity index is 316. The average molecular weight is 195 g/mol. The second-order valence-electron chi connectivity index (χ2n) is 3.76. The van der Waals surface area contributed by atoms with Crippen molar-refractivity contribution in [3.8, 4) is 0 Å². The van der Waals surface area contributed by atoms with Crippen LogP contribution in [0.25, 0.3) is 0 Å². The number of aliphatic hydroxyl groups is 1. The second-order valence-corrected chi connectivity index (χ2v) is 3.76. The molecule has 1 fully saturated rings. The highest BCUT2D eigenvalue weighted by molar-refractivity contribution is 5.44. The van der Waals surface area contributed by atoms with Gasteiger partial charge in [0.1, 0.15) is 5.82 Å². The number of hydrogen-bond donors (Lipinski definition) is 2. The maximum absolute atomic E-state index is 12.8. The zero-order valence-electron chi connectivity index (χ0n) is 7.91. The molecule has 0 aromatic heterocycles. The highest BCUT2D eigenvalue weighted by atomic mass is 19.1. The van der Waals surface area contributed by atoms with Crippen LogP contribution in [0.5, 0.6) is 0 Å². The number of nitrogens with one attached hydrogen (secondary N) is 1. The molecule has 1 aromatic rings. The number of halogens is 1. The summed E-state index contributed by atoms with van der Waals surface area (Å²) in [6.07, 6.45) is 2.54. The molecule has 0 spiro atoms. The lowest BCUT2D eigenvalue weighted by Gasteiger charge is -2.17. The fourth-order valence-corrected chi connectivity index (χ4v) is 1.90. The van der Waals surface area contributed by atoms with Crippen LogP contribution in [0.4, 0.5) is 10.1 Å². The Kier molecular flexibility index (Phi) is 2.68. The Labute approximate surface area is 82.8 Å². The van der Waals surface area contributed by atoms with Crippen molar-refractivity contribution in [2.75, 3.05) is 5.32 Å². The fraction of sp³-hybridized carbons (Fsp3) is 0.455. The van der Waals surface area contributed by atoms with Crippen LogP contribution in [0.1, 0.15) is 19.3 Å². The van der Waals surface area contributed by atoms with Crippen LogP contribution in [0.3, 0.4) is 0 Å². The summed E-state index contributed by atoms with van der Waals surface area (Å²) in [5.74, 6) is -0.248. The Morgan fingerprint density at radius 1 is 1.36 bits per heavy atom. The molecule has 1 aliphatic carbocycles. The average Bonchev–Trinajstić information content (AvgIpc) is 2.52. The molecule has 2 rings (SSSR count). The molecule has 0 bridgehead atoms. The van der Waals surface area contributed by atoms with Gasteiger partial charge in [-0.15, -0.1) is 0 Å². The third-order valence-electron chi connectivity index (χ3n) is 2.66. The zero-order valence-corrected chi connectivity index (χ0v) is 7.91. The minimum atomic E-state index is -0.293. The molecule has 0 heterocycles. The van der Waals surface area contributed by atoms with Crippen LogP contribution in [-0.2, 0) is 0 Å². The van der Waals surface area contributed by atoms with Gasteiger partial charge in [-0.2, -0.15) is 0 Å². The van der Waals surface area contributed by atoms with E-state index in [9.17, 15) is 9.50 Å². The van der Waals surface area contributed by atoms with Gasteiger partial charge in [-0.05, 0) is 37.5 Å². The van der Waals surface area contributed by atoms with E-state index in [-0.39, 0.29) is 18.0 Å². The number of rotatable bonds is 2. The van der Waals surface area contributed by atoms with Gasteiger partial charge in [-0.1, -0.05) is 6.07 Å². The summed E-state index contributed by atoms with van der Waals surface area (Å²) < 4.78 is 12.8. The molecule has 2 N–H and O–H groups in total. The van der Waals surface area contributed by atoms with Gasteiger partial charge >= 0.3 is 0 Å². The Morgan fingerprint density at radius 3 is 2.86 bits per heavy atom. The lowest BCUT2D eigenvalue weighted by atomic mass is 10.2. The molecule has 0 unspecified atom stereocenters. The first-order chi connectivity index (χ1) is 6.75. The van der Waals surface area contributed by atoms with Crippen LogP contribution < -0.4 is 5.32 Å². The van der Waals surface area contributed by atoms with Crippen LogP contribution in [0, 0.1) is 5.82 Å². The van der Waals surface area contributed by atoms with Crippen LogP contribution in [-0.4, -0.2) is 17.3 Å². The molecule has 0 saturated heterocycles. The van der Waals surface area contributed by atoms with Gasteiger partial charge in [0.15, 0.2) is 0 Å². The predicted molar refractivity (Wildman–Crippen MR) is 53.7 cm³/mol. The van der Waals surface area contributed by atoms with Gasteiger partial charge in [0, 0.05) is 5.69 Å². The summed E-state index contributed by atoms with van der Waals surface area (Å²) >= 11 is 0. The van der Waals surface area contributed by atoms with E-state index >= 15 is 0 Å². The molecule has 2 atom stereocenters. The van der Waals surface area contributed by atoms with E-state index in [4.69, 9.17) is 0 Å². The van der Waals surface area contributed by atoms with Crippen molar-refractivity contribution in [3.05, 3.63) is 30.1 Å². The largest absolute Gasteiger partial charge is 0.391 e. The Morgan fingerprint density at radius 2 is 2.21 bits per heavy atom. The first-order valence-electron chi connectivity index (χ1n) is 4.96. The summed E-state index contributed by atoms with van der Waals surface area (Å²) in [4.78, 5) is 0. The van der Waals surface area contributed by atoms with Crippen LogP contribution in [0.2, 0.25) is 0 Å². The van der Waals surface area contributed by atoms with Crippen molar-refractivity contribution in [2.24, 2.45) is 0 Å². The van der Waals surface area contributed by atoms with Crippen molar-refractivity contribution in [2.45, 2.75) is 31.4 Å². The summed E-state index contributed by atoms with van der Waals surface area (Å²) in [6.45, 7) is 0. The van der Waals surface area contributed by atoms with Gasteiger partial charge in [-0.25, -0.2) is 4.39 Å². The molecule has 0 radical (unpaired) electrons. The molecule has 1 aliphatic rings. The van der Waals surface area contributed by atoms with Gasteiger partial charge in [0.05, 0.1) is 12.1 Å². The van der Waals surface area contributed by atoms with E-state index in [1.807, 2.05) is 6.07 Å². The van der Waals surface area contributed by atoms with Gasteiger partial charge < -0.3 is 10.4 Å². The minimum absolute atomic E-state index is 0.0804. The molecule has 14 heavy (non-hydrogen) atoms. The fourth-order valence-electron chi connectivity index (χ4n) is 1.90. The zero-order chi connectivity index (χ0) is 9.97. The first kappa shape index (κ1) is 9.46. The molecule has 0 amide bonds. The number of anilines is 1. The molecule has 1 saturated carbocycles. The maximum atomic E-state index is 12.8. The van der Waals surface area contributed by atoms with Crippen molar-refractivity contribution in [1.29, 1.82) is 0 Å². The molecular formula is C11H14FNO. The summed E-state index contributed by atoms with van der Waals surface area (Å²) in [5, 5.41) is 12.7. The van der Waals surface area contributed by atoms with Gasteiger partial charge in [0.2, 0.25) is 0 Å². The topological polar surface area (TPSA) is 32.3 Å².